The molecule has 0 bridgehead atoms. The summed E-state index contributed by atoms with van der Waals surface area (Å²) in [7, 11) is -3.55. The van der Waals surface area contributed by atoms with Gasteiger partial charge in [-0.15, -0.1) is 0 Å². The van der Waals surface area contributed by atoms with Crippen molar-refractivity contribution in [2.75, 3.05) is 32.7 Å². The van der Waals surface area contributed by atoms with E-state index in [4.69, 9.17) is 0 Å². The largest absolute Gasteiger partial charge is 0.336 e. The Kier molecular flexibility index (Phi) is 4.09. The van der Waals surface area contributed by atoms with Crippen LogP contribution in [0.15, 0.2) is 11.2 Å². The summed E-state index contributed by atoms with van der Waals surface area (Å²) in [5, 5.41) is 3.37. The number of carbonyl (C=O) groups excluding carboxylic acids is 1. The first kappa shape index (κ1) is 16.0. The summed E-state index contributed by atoms with van der Waals surface area (Å²) in [5.74, 6) is 0.926. The average Bonchev–Trinajstić information content (AvgIpc) is 3.18. The minimum Gasteiger partial charge on any atom is -0.336 e. The minimum atomic E-state index is -3.55. The fourth-order valence-electron chi connectivity index (χ4n) is 3.97. The van der Waals surface area contributed by atoms with E-state index in [-0.39, 0.29) is 11.9 Å². The highest BCUT2D eigenvalue weighted by Crippen LogP contribution is 2.26. The van der Waals surface area contributed by atoms with Gasteiger partial charge in [-0.1, -0.05) is 0 Å². The van der Waals surface area contributed by atoms with Gasteiger partial charge in [0.2, 0.25) is 5.91 Å². The van der Waals surface area contributed by atoms with Crippen LogP contribution in [0.4, 0.5) is 0 Å². The molecule has 132 valence electrons. The summed E-state index contributed by atoms with van der Waals surface area (Å²) in [6, 6.07) is -0.0240. The number of nitrogens with zero attached hydrogens (tertiary/aromatic N) is 4. The molecule has 1 amide bonds. The van der Waals surface area contributed by atoms with Crippen molar-refractivity contribution in [1.29, 1.82) is 0 Å². The molecule has 0 aromatic carbocycles. The zero-order valence-corrected chi connectivity index (χ0v) is 14.5. The Hall–Kier alpha value is -1.45. The second-order valence-electron chi connectivity index (χ2n) is 6.69. The standard InChI is InChI=1S/C15H23N5O3S/c21-14-9-16-5-8-19(14)12-3-1-6-18(11-12)24(22,23)15-10-17-13-4-2-7-20(13)15/h10,12,16H,1-9,11H2. The summed E-state index contributed by atoms with van der Waals surface area (Å²) in [5.41, 5.74) is 0. The molecule has 2 fully saturated rings. The Morgan fingerprint density at radius 1 is 1.21 bits per heavy atom. The van der Waals surface area contributed by atoms with Gasteiger partial charge in [-0.2, -0.15) is 4.31 Å². The minimum absolute atomic E-state index is 0.0240. The third kappa shape index (κ3) is 2.64. The van der Waals surface area contributed by atoms with Gasteiger partial charge in [-0.25, -0.2) is 13.4 Å². The maximum absolute atomic E-state index is 13.1. The fraction of sp³-hybridized carbons (Fsp3) is 0.733. The van der Waals surface area contributed by atoms with E-state index in [0.29, 0.717) is 31.2 Å². The number of hydrogen-bond donors (Lipinski definition) is 1. The molecule has 0 saturated carbocycles. The molecule has 1 aromatic heterocycles. The topological polar surface area (TPSA) is 87.5 Å². The molecule has 4 rings (SSSR count). The lowest BCUT2D eigenvalue weighted by Gasteiger charge is -2.40. The number of aryl methyl sites for hydroxylation is 1. The molecule has 1 unspecified atom stereocenters. The van der Waals surface area contributed by atoms with Crippen molar-refractivity contribution in [1.82, 2.24) is 24.1 Å². The van der Waals surface area contributed by atoms with Crippen molar-refractivity contribution >= 4 is 15.9 Å². The first-order valence-electron chi connectivity index (χ1n) is 8.62. The first-order chi connectivity index (χ1) is 11.6. The van der Waals surface area contributed by atoms with E-state index in [1.54, 1.807) is 4.31 Å². The number of piperazine rings is 1. The van der Waals surface area contributed by atoms with E-state index in [1.165, 1.54) is 6.20 Å². The summed E-state index contributed by atoms with van der Waals surface area (Å²) in [4.78, 5) is 18.2. The number of nitrogens with one attached hydrogen (secondary N) is 1. The smallest absolute Gasteiger partial charge is 0.260 e. The van der Waals surface area contributed by atoms with Crippen LogP contribution < -0.4 is 5.32 Å². The molecule has 0 radical (unpaired) electrons. The lowest BCUT2D eigenvalue weighted by atomic mass is 10.1. The van der Waals surface area contributed by atoms with Crippen LogP contribution in [0.2, 0.25) is 0 Å². The van der Waals surface area contributed by atoms with Crippen LogP contribution >= 0.6 is 0 Å². The van der Waals surface area contributed by atoms with Crippen LogP contribution in [0.3, 0.4) is 0 Å². The number of piperidine rings is 1. The van der Waals surface area contributed by atoms with Gasteiger partial charge in [-0.05, 0) is 19.3 Å². The van der Waals surface area contributed by atoms with Gasteiger partial charge in [0.25, 0.3) is 10.0 Å². The van der Waals surface area contributed by atoms with Gasteiger partial charge in [0.05, 0.1) is 12.7 Å². The van der Waals surface area contributed by atoms with Crippen molar-refractivity contribution < 1.29 is 13.2 Å². The highest BCUT2D eigenvalue weighted by atomic mass is 32.2. The van der Waals surface area contributed by atoms with Crippen molar-refractivity contribution in [3.05, 3.63) is 12.0 Å². The molecule has 8 nitrogen and oxygen atoms in total. The van der Waals surface area contributed by atoms with Crippen LogP contribution in [-0.4, -0.2) is 71.8 Å². The van der Waals surface area contributed by atoms with Gasteiger partial charge in [0, 0.05) is 45.2 Å². The van der Waals surface area contributed by atoms with E-state index >= 15 is 0 Å². The van der Waals surface area contributed by atoms with E-state index in [9.17, 15) is 13.2 Å². The third-order valence-corrected chi connectivity index (χ3v) is 7.08. The second kappa shape index (κ2) is 6.12. The molecule has 1 aromatic rings. The first-order valence-corrected chi connectivity index (χ1v) is 10.1. The number of hydrogen-bond acceptors (Lipinski definition) is 5. The highest BCUT2D eigenvalue weighted by Gasteiger charge is 2.37. The van der Waals surface area contributed by atoms with Crippen LogP contribution in [0.25, 0.3) is 0 Å². The third-order valence-electron chi connectivity index (χ3n) is 5.21. The summed E-state index contributed by atoms with van der Waals surface area (Å²) >= 11 is 0. The molecular formula is C15H23N5O3S. The zero-order chi connectivity index (χ0) is 16.7. The molecular weight excluding hydrogens is 330 g/mol. The quantitative estimate of drug-likeness (QED) is 0.785. The lowest BCUT2D eigenvalue weighted by molar-refractivity contribution is -0.135. The normalized spacial score (nSPS) is 25.9. The van der Waals surface area contributed by atoms with E-state index in [2.05, 4.69) is 10.3 Å². The number of rotatable bonds is 3. The Morgan fingerprint density at radius 3 is 2.92 bits per heavy atom. The van der Waals surface area contributed by atoms with Gasteiger partial charge >= 0.3 is 0 Å². The number of aromatic nitrogens is 2. The summed E-state index contributed by atoms with van der Waals surface area (Å²) < 4.78 is 29.5. The van der Waals surface area contributed by atoms with E-state index in [1.807, 2.05) is 9.47 Å². The van der Waals surface area contributed by atoms with Gasteiger partial charge in [0.1, 0.15) is 5.82 Å². The Balaban J connectivity index is 1.56. The second-order valence-corrected chi connectivity index (χ2v) is 8.58. The Morgan fingerprint density at radius 2 is 2.08 bits per heavy atom. The lowest BCUT2D eigenvalue weighted by Crippen LogP contribution is -2.57. The maximum atomic E-state index is 13.1. The fourth-order valence-corrected chi connectivity index (χ4v) is 5.63. The number of amides is 1. The number of sulfonamides is 1. The number of carbonyl (C=O) groups is 1. The van der Waals surface area contributed by atoms with Crippen molar-refractivity contribution in [3.8, 4) is 0 Å². The molecule has 9 heteroatoms. The predicted octanol–water partition coefficient (Wildman–Crippen LogP) is -0.586. The van der Waals surface area contributed by atoms with Gasteiger partial charge < -0.3 is 14.8 Å². The summed E-state index contributed by atoms with van der Waals surface area (Å²) in [6.45, 7) is 3.38. The molecule has 0 aliphatic carbocycles. The van der Waals surface area contributed by atoms with E-state index < -0.39 is 10.0 Å². The highest BCUT2D eigenvalue weighted by molar-refractivity contribution is 7.89. The molecule has 1 N–H and O–H groups in total. The monoisotopic (exact) mass is 353 g/mol. The van der Waals surface area contributed by atoms with Crippen LogP contribution in [0, 0.1) is 0 Å². The Bertz CT molecular complexity index is 744. The van der Waals surface area contributed by atoms with Crippen molar-refractivity contribution in [2.45, 2.75) is 43.3 Å². The molecule has 3 aliphatic heterocycles. The van der Waals surface area contributed by atoms with Crippen LogP contribution in [-0.2, 0) is 27.8 Å². The number of imidazole rings is 1. The molecule has 4 heterocycles. The van der Waals surface area contributed by atoms with E-state index in [0.717, 1.165) is 44.6 Å². The summed E-state index contributed by atoms with van der Waals surface area (Å²) in [6.07, 6.45) is 4.92. The predicted molar refractivity (Wildman–Crippen MR) is 86.9 cm³/mol. The van der Waals surface area contributed by atoms with Crippen LogP contribution in [0.1, 0.15) is 25.1 Å². The zero-order valence-electron chi connectivity index (χ0n) is 13.6. The van der Waals surface area contributed by atoms with Gasteiger partial charge in [0.15, 0.2) is 5.03 Å². The molecule has 24 heavy (non-hydrogen) atoms. The Labute approximate surface area is 141 Å². The van der Waals surface area contributed by atoms with Gasteiger partial charge in [-0.3, -0.25) is 4.79 Å². The molecule has 3 aliphatic rings. The number of fused-ring (bicyclic) bond motifs is 1. The molecule has 1 atom stereocenters. The van der Waals surface area contributed by atoms with Crippen molar-refractivity contribution in [2.24, 2.45) is 0 Å². The molecule has 0 spiro atoms. The molecule has 2 saturated heterocycles. The van der Waals surface area contributed by atoms with Crippen molar-refractivity contribution in [3.63, 3.8) is 0 Å². The van der Waals surface area contributed by atoms with Crippen LogP contribution in [0.5, 0.6) is 0 Å². The SMILES string of the molecule is O=C1CNCCN1C1CCCN(S(=O)(=O)c2cnc3n2CCC3)C1. The average molecular weight is 353 g/mol. The maximum Gasteiger partial charge on any atom is 0.260 e.